The summed E-state index contributed by atoms with van der Waals surface area (Å²) >= 11 is 0. The molecule has 1 aliphatic heterocycles. The first-order chi connectivity index (χ1) is 18.1. The molecule has 1 heterocycles. The van der Waals surface area contributed by atoms with Crippen molar-refractivity contribution in [3.63, 3.8) is 0 Å². The Kier molecular flexibility index (Phi) is 13.1. The van der Waals surface area contributed by atoms with E-state index in [4.69, 9.17) is 17.2 Å². The number of aliphatic hydroxyl groups excluding tert-OH is 1. The molecule has 220 valence electrons. The zero-order valence-electron chi connectivity index (χ0n) is 21.8. The van der Waals surface area contributed by atoms with Gasteiger partial charge >= 0.3 is 11.9 Å². The first-order valence-electron chi connectivity index (χ1n) is 12.3. The number of amides is 4. The number of guanidine groups is 1. The zero-order chi connectivity index (χ0) is 29.9. The van der Waals surface area contributed by atoms with Gasteiger partial charge in [-0.05, 0) is 39.5 Å². The van der Waals surface area contributed by atoms with Crippen LogP contribution in [0.3, 0.4) is 0 Å². The smallest absolute Gasteiger partial charge is 0.326 e. The molecule has 17 heteroatoms. The van der Waals surface area contributed by atoms with E-state index in [2.05, 4.69) is 20.9 Å². The van der Waals surface area contributed by atoms with E-state index in [-0.39, 0.29) is 38.3 Å². The number of carboxylic acids is 2. The van der Waals surface area contributed by atoms with E-state index in [1.165, 1.54) is 11.8 Å². The largest absolute Gasteiger partial charge is 0.481 e. The lowest BCUT2D eigenvalue weighted by Gasteiger charge is -2.28. The van der Waals surface area contributed by atoms with E-state index in [0.717, 1.165) is 6.92 Å². The highest BCUT2D eigenvalue weighted by atomic mass is 16.4. The minimum absolute atomic E-state index is 0.0753. The molecule has 12 N–H and O–H groups in total. The van der Waals surface area contributed by atoms with Gasteiger partial charge in [-0.2, -0.15) is 0 Å². The highest BCUT2D eigenvalue weighted by Gasteiger charge is 2.38. The fourth-order valence-electron chi connectivity index (χ4n) is 3.90. The van der Waals surface area contributed by atoms with Gasteiger partial charge in [-0.1, -0.05) is 0 Å². The van der Waals surface area contributed by atoms with E-state index in [9.17, 15) is 44.1 Å². The summed E-state index contributed by atoms with van der Waals surface area (Å²) < 4.78 is 0. The minimum Gasteiger partial charge on any atom is -0.481 e. The van der Waals surface area contributed by atoms with Gasteiger partial charge in [-0.15, -0.1) is 0 Å². The predicted octanol–water partition coefficient (Wildman–Crippen LogP) is -4.23. The van der Waals surface area contributed by atoms with Gasteiger partial charge in [-0.25, -0.2) is 4.79 Å². The highest BCUT2D eigenvalue weighted by Crippen LogP contribution is 2.18. The normalized spacial score (nSPS) is 18.6. The molecule has 0 aliphatic carbocycles. The molecule has 39 heavy (non-hydrogen) atoms. The van der Waals surface area contributed by atoms with Gasteiger partial charge in [0.15, 0.2) is 5.96 Å². The van der Waals surface area contributed by atoms with Crippen LogP contribution >= 0.6 is 0 Å². The number of aliphatic imine (C=N–C) groups is 1. The van der Waals surface area contributed by atoms with Crippen LogP contribution in [0.5, 0.6) is 0 Å². The number of hydrogen-bond acceptors (Lipinski definition) is 9. The molecule has 0 saturated carbocycles. The van der Waals surface area contributed by atoms with Crippen LogP contribution in [0.4, 0.5) is 0 Å². The van der Waals surface area contributed by atoms with Gasteiger partial charge in [0.1, 0.15) is 24.2 Å². The fraction of sp³-hybridized carbons (Fsp3) is 0.682. The van der Waals surface area contributed by atoms with Gasteiger partial charge in [-0.3, -0.25) is 29.0 Å². The van der Waals surface area contributed by atoms with E-state index in [1.54, 1.807) is 0 Å². The number of nitrogens with two attached hydrogens (primary N) is 3. The first-order valence-corrected chi connectivity index (χ1v) is 12.3. The molecule has 1 rings (SSSR count). The second kappa shape index (κ2) is 15.4. The lowest BCUT2D eigenvalue weighted by Crippen LogP contribution is -2.60. The molecule has 0 radical (unpaired) electrons. The third-order valence-electron chi connectivity index (χ3n) is 5.86. The van der Waals surface area contributed by atoms with Gasteiger partial charge < -0.3 is 53.4 Å². The summed E-state index contributed by atoms with van der Waals surface area (Å²) in [6.07, 6.45) is -1.52. The monoisotopic (exact) mass is 558 g/mol. The molecule has 0 bridgehead atoms. The van der Waals surface area contributed by atoms with Crippen molar-refractivity contribution in [3.05, 3.63) is 0 Å². The van der Waals surface area contributed by atoms with Crippen molar-refractivity contribution in [2.75, 3.05) is 13.1 Å². The lowest BCUT2D eigenvalue weighted by molar-refractivity contribution is -0.144. The van der Waals surface area contributed by atoms with Crippen LogP contribution < -0.4 is 33.2 Å². The van der Waals surface area contributed by atoms with Crippen molar-refractivity contribution in [1.29, 1.82) is 0 Å². The molecule has 4 amide bonds. The van der Waals surface area contributed by atoms with Crippen molar-refractivity contribution < 1.29 is 44.1 Å². The van der Waals surface area contributed by atoms with Gasteiger partial charge in [0.05, 0.1) is 18.6 Å². The van der Waals surface area contributed by atoms with E-state index < -0.39 is 78.3 Å². The molecule has 0 unspecified atom stereocenters. The van der Waals surface area contributed by atoms with Crippen molar-refractivity contribution >= 4 is 41.5 Å². The van der Waals surface area contributed by atoms with Gasteiger partial charge in [0.25, 0.3) is 0 Å². The fourth-order valence-corrected chi connectivity index (χ4v) is 3.90. The molecule has 17 nitrogen and oxygen atoms in total. The summed E-state index contributed by atoms with van der Waals surface area (Å²) in [5.41, 5.74) is 16.0. The number of carbonyl (C=O) groups is 6. The Labute approximate surface area is 224 Å². The van der Waals surface area contributed by atoms with Crippen LogP contribution in [0.2, 0.25) is 0 Å². The number of likely N-dealkylation sites (tertiary alicyclic amines) is 1. The standard InChI is InChI=1S/C22H38N8O9/c1-10(23)20(37)30-8-4-6-14(30)18(35)28-13(9-15(32)33)17(34)29-16(11(2)31)19(36)27-12(21(38)39)5-3-7-26-22(24)25/h10-14,16,31H,3-9,23H2,1-2H3,(H,27,36)(H,28,35)(H,29,34)(H,32,33)(H,38,39)(H4,24,25,26)/t10-,11+,12-,13-,14-,16-/m0/s1. The Morgan fingerprint density at radius 3 is 2.15 bits per heavy atom. The molecule has 1 aliphatic rings. The number of nitrogens with zero attached hydrogens (tertiary/aromatic N) is 2. The third-order valence-corrected chi connectivity index (χ3v) is 5.86. The Hall–Kier alpha value is -3.99. The quantitative estimate of drug-likeness (QED) is 0.0525. The maximum atomic E-state index is 12.9. The number of carbonyl (C=O) groups excluding carboxylic acids is 4. The molecule has 1 saturated heterocycles. The number of carboxylic acid groups (broad SMARTS) is 2. The molecular formula is C22H38N8O9. The number of aliphatic hydroxyl groups is 1. The lowest BCUT2D eigenvalue weighted by atomic mass is 10.1. The first kappa shape index (κ1) is 33.0. The molecule has 1 fully saturated rings. The zero-order valence-corrected chi connectivity index (χ0v) is 21.8. The van der Waals surface area contributed by atoms with Crippen LogP contribution in [0.15, 0.2) is 4.99 Å². The average molecular weight is 559 g/mol. The molecule has 0 aromatic rings. The molecule has 6 atom stereocenters. The Bertz CT molecular complexity index is 952. The molecular weight excluding hydrogens is 520 g/mol. The van der Waals surface area contributed by atoms with Crippen LogP contribution in [0.1, 0.15) is 46.0 Å². The summed E-state index contributed by atoms with van der Waals surface area (Å²) in [6, 6.07) is -6.61. The minimum atomic E-state index is -1.69. The Balaban J connectivity index is 2.97. The Morgan fingerprint density at radius 2 is 1.64 bits per heavy atom. The summed E-state index contributed by atoms with van der Waals surface area (Å²) in [6.45, 7) is 2.97. The van der Waals surface area contributed by atoms with Crippen LogP contribution in [-0.4, -0.2) is 111 Å². The number of hydrogen-bond donors (Lipinski definition) is 9. The topological polar surface area (TPSA) is 293 Å². The predicted molar refractivity (Wildman–Crippen MR) is 136 cm³/mol. The van der Waals surface area contributed by atoms with Crippen molar-refractivity contribution in [2.24, 2.45) is 22.2 Å². The summed E-state index contributed by atoms with van der Waals surface area (Å²) in [7, 11) is 0. The molecule has 0 aromatic carbocycles. The summed E-state index contributed by atoms with van der Waals surface area (Å²) in [5.74, 6) is -6.46. The summed E-state index contributed by atoms with van der Waals surface area (Å²) in [5, 5.41) is 35.4. The summed E-state index contributed by atoms with van der Waals surface area (Å²) in [4.78, 5) is 78.8. The van der Waals surface area contributed by atoms with E-state index in [1.807, 2.05) is 0 Å². The van der Waals surface area contributed by atoms with Crippen molar-refractivity contribution in [2.45, 2.75) is 82.3 Å². The second-order valence-corrected chi connectivity index (χ2v) is 9.21. The number of aliphatic carboxylic acids is 2. The maximum Gasteiger partial charge on any atom is 0.326 e. The van der Waals surface area contributed by atoms with Crippen LogP contribution in [0.25, 0.3) is 0 Å². The molecule has 0 spiro atoms. The average Bonchev–Trinajstić information content (AvgIpc) is 3.32. The van der Waals surface area contributed by atoms with Crippen molar-refractivity contribution in [1.82, 2.24) is 20.9 Å². The van der Waals surface area contributed by atoms with Crippen LogP contribution in [0, 0.1) is 0 Å². The number of rotatable bonds is 15. The number of nitrogens with one attached hydrogen (secondary N) is 3. The van der Waals surface area contributed by atoms with Gasteiger partial charge in [0, 0.05) is 13.1 Å². The molecule has 0 aromatic heterocycles. The third kappa shape index (κ3) is 10.7. The SMILES string of the molecule is C[C@H](N)C(=O)N1CCC[C@H]1C(=O)N[C@@H](CC(=O)O)C(=O)N[C@H](C(=O)N[C@@H](CCCN=C(N)N)C(=O)O)[C@@H](C)O. The van der Waals surface area contributed by atoms with Crippen molar-refractivity contribution in [3.8, 4) is 0 Å². The Morgan fingerprint density at radius 1 is 1.00 bits per heavy atom. The van der Waals surface area contributed by atoms with Crippen LogP contribution in [-0.2, 0) is 28.8 Å². The van der Waals surface area contributed by atoms with Gasteiger partial charge in [0.2, 0.25) is 23.6 Å². The van der Waals surface area contributed by atoms with E-state index in [0.29, 0.717) is 6.42 Å². The maximum absolute atomic E-state index is 12.9. The second-order valence-electron chi connectivity index (χ2n) is 9.21. The van der Waals surface area contributed by atoms with E-state index >= 15 is 0 Å². The highest BCUT2D eigenvalue weighted by molar-refractivity contribution is 5.97.